The van der Waals surface area contributed by atoms with Gasteiger partial charge in [-0.25, -0.2) is 4.79 Å². The number of nitrogens with zero attached hydrogens (tertiary/aromatic N) is 1. The molecule has 0 radical (unpaired) electrons. The number of likely N-dealkylation sites (tertiary alicyclic amines) is 1. The Morgan fingerprint density at radius 1 is 0.887 bits per heavy atom. The van der Waals surface area contributed by atoms with Crippen LogP contribution in [0.1, 0.15) is 83.3 Å². The predicted octanol–water partition coefficient (Wildman–Crippen LogP) is 3.21. The van der Waals surface area contributed by atoms with Crippen LogP contribution in [0.4, 0.5) is 16.2 Å². The summed E-state index contributed by atoms with van der Waals surface area (Å²) in [7, 11) is 0. The van der Waals surface area contributed by atoms with Gasteiger partial charge in [-0.3, -0.25) is 28.8 Å². The van der Waals surface area contributed by atoms with Gasteiger partial charge in [0.2, 0.25) is 29.5 Å². The zero-order valence-corrected chi connectivity index (χ0v) is 30.9. The summed E-state index contributed by atoms with van der Waals surface area (Å²) in [6.07, 6.45) is 2.89. The Hall–Kier alpha value is -5.47. The molecule has 288 valence electrons. The van der Waals surface area contributed by atoms with Gasteiger partial charge in [0, 0.05) is 17.9 Å². The fourth-order valence-electron chi connectivity index (χ4n) is 6.07. The highest BCUT2D eigenvalue weighted by Crippen LogP contribution is 2.21. The minimum absolute atomic E-state index is 0.0911. The number of carboxylic acid groups (broad SMARTS) is 1. The average Bonchev–Trinajstić information content (AvgIpc) is 3.12. The summed E-state index contributed by atoms with van der Waals surface area (Å²) in [6, 6.07) is 9.01. The monoisotopic (exact) mass is 735 g/mol. The van der Waals surface area contributed by atoms with E-state index in [0.717, 1.165) is 12.0 Å². The molecule has 0 saturated carbocycles. The van der Waals surface area contributed by atoms with Crippen molar-refractivity contribution in [2.45, 2.75) is 110 Å². The Kier molecular flexibility index (Phi) is 16.3. The molecule has 1 saturated heterocycles. The SMILES string of the molecule is CCCC[C@H](NC(=O)Cc1ccc(NC(=O)Nc2ccccc2C)cc1)C(=O)N[C@@H](CC(=O)O)C(=O)N[C@H](C(=O)N1CCCC[C@@H]1C(N)=O)C(C)CC. The van der Waals surface area contributed by atoms with Gasteiger partial charge in [-0.2, -0.15) is 0 Å². The number of hydrogen-bond donors (Lipinski definition) is 7. The minimum atomic E-state index is -1.56. The van der Waals surface area contributed by atoms with Gasteiger partial charge < -0.3 is 42.3 Å². The van der Waals surface area contributed by atoms with Gasteiger partial charge in [-0.1, -0.05) is 70.4 Å². The van der Waals surface area contributed by atoms with E-state index in [-0.39, 0.29) is 25.3 Å². The van der Waals surface area contributed by atoms with Gasteiger partial charge >= 0.3 is 12.0 Å². The highest BCUT2D eigenvalue weighted by molar-refractivity contribution is 6.00. The first-order valence-corrected chi connectivity index (χ1v) is 18.2. The first-order valence-electron chi connectivity index (χ1n) is 18.2. The van der Waals surface area contributed by atoms with Gasteiger partial charge in [0.15, 0.2) is 0 Å². The second-order valence-electron chi connectivity index (χ2n) is 13.5. The number of para-hydroxylation sites is 1. The molecule has 2 aromatic rings. The maximum atomic E-state index is 13.7. The molecule has 0 aliphatic carbocycles. The number of piperidine rings is 1. The summed E-state index contributed by atoms with van der Waals surface area (Å²) in [5.41, 5.74) is 8.27. The van der Waals surface area contributed by atoms with Crippen molar-refractivity contribution >= 4 is 52.9 Å². The number of carboxylic acids is 1. The van der Waals surface area contributed by atoms with Crippen molar-refractivity contribution in [1.82, 2.24) is 20.9 Å². The number of rotatable bonds is 18. The molecule has 2 aromatic carbocycles. The van der Waals surface area contributed by atoms with E-state index in [0.29, 0.717) is 49.0 Å². The number of anilines is 2. The summed E-state index contributed by atoms with van der Waals surface area (Å²) in [5.74, 6) is -5.00. The van der Waals surface area contributed by atoms with Crippen molar-refractivity contribution in [2.24, 2.45) is 11.7 Å². The lowest BCUT2D eigenvalue weighted by Gasteiger charge is -2.38. The van der Waals surface area contributed by atoms with Crippen LogP contribution in [0.25, 0.3) is 0 Å². The van der Waals surface area contributed by atoms with Crippen molar-refractivity contribution < 1.29 is 38.7 Å². The zero-order valence-electron chi connectivity index (χ0n) is 30.9. The molecule has 8 N–H and O–H groups in total. The molecule has 3 rings (SSSR count). The zero-order chi connectivity index (χ0) is 39.1. The summed E-state index contributed by atoms with van der Waals surface area (Å²) in [5, 5.41) is 23.0. The summed E-state index contributed by atoms with van der Waals surface area (Å²) in [4.78, 5) is 91.7. The summed E-state index contributed by atoms with van der Waals surface area (Å²) < 4.78 is 0. The largest absolute Gasteiger partial charge is 0.481 e. The Morgan fingerprint density at radius 2 is 1.57 bits per heavy atom. The number of aliphatic carboxylic acids is 1. The Morgan fingerprint density at radius 3 is 2.19 bits per heavy atom. The molecule has 0 bridgehead atoms. The normalized spacial score (nSPS) is 16.2. The van der Waals surface area contributed by atoms with Crippen molar-refractivity contribution in [2.75, 3.05) is 17.2 Å². The average molecular weight is 736 g/mol. The van der Waals surface area contributed by atoms with E-state index in [1.165, 1.54) is 4.90 Å². The molecule has 15 heteroatoms. The maximum Gasteiger partial charge on any atom is 0.323 e. The van der Waals surface area contributed by atoms with Crippen LogP contribution in [0, 0.1) is 12.8 Å². The van der Waals surface area contributed by atoms with E-state index in [4.69, 9.17) is 5.73 Å². The first kappa shape index (κ1) is 41.9. The molecule has 0 aromatic heterocycles. The van der Waals surface area contributed by atoms with Crippen LogP contribution in [0.2, 0.25) is 0 Å². The molecule has 1 unspecified atom stereocenters. The number of urea groups is 1. The van der Waals surface area contributed by atoms with Crippen LogP contribution in [-0.2, 0) is 35.2 Å². The van der Waals surface area contributed by atoms with Crippen LogP contribution < -0.4 is 32.3 Å². The van der Waals surface area contributed by atoms with Crippen LogP contribution in [0.5, 0.6) is 0 Å². The number of amides is 7. The molecule has 15 nitrogen and oxygen atoms in total. The lowest BCUT2D eigenvalue weighted by molar-refractivity contribution is -0.146. The minimum Gasteiger partial charge on any atom is -0.481 e. The van der Waals surface area contributed by atoms with Crippen molar-refractivity contribution in [3.8, 4) is 0 Å². The Bertz CT molecular complexity index is 1620. The van der Waals surface area contributed by atoms with Crippen molar-refractivity contribution in [3.63, 3.8) is 0 Å². The van der Waals surface area contributed by atoms with Crippen LogP contribution >= 0.6 is 0 Å². The third kappa shape index (κ3) is 12.9. The number of nitrogens with one attached hydrogen (secondary N) is 5. The van der Waals surface area contributed by atoms with E-state index >= 15 is 0 Å². The van der Waals surface area contributed by atoms with Crippen molar-refractivity contribution in [1.29, 1.82) is 0 Å². The maximum absolute atomic E-state index is 13.7. The quantitative estimate of drug-likeness (QED) is 0.120. The van der Waals surface area contributed by atoms with E-state index in [9.17, 15) is 38.7 Å². The number of hydrogen-bond acceptors (Lipinski definition) is 7. The van der Waals surface area contributed by atoms with Crippen LogP contribution in [-0.4, -0.2) is 82.3 Å². The Labute approximate surface area is 310 Å². The fraction of sp³-hybridized carbons (Fsp3) is 0.500. The molecule has 1 heterocycles. The van der Waals surface area contributed by atoms with Gasteiger partial charge in [0.05, 0.1) is 12.8 Å². The number of nitrogens with two attached hydrogens (primary N) is 1. The first-order chi connectivity index (χ1) is 25.2. The van der Waals surface area contributed by atoms with E-state index in [1.54, 1.807) is 37.3 Å². The van der Waals surface area contributed by atoms with Gasteiger partial charge in [0.25, 0.3) is 0 Å². The van der Waals surface area contributed by atoms with Gasteiger partial charge in [0.1, 0.15) is 24.2 Å². The highest BCUT2D eigenvalue weighted by atomic mass is 16.4. The fourth-order valence-corrected chi connectivity index (χ4v) is 6.07. The number of primary amides is 1. The number of benzene rings is 2. The summed E-state index contributed by atoms with van der Waals surface area (Å²) in [6.45, 7) is 7.65. The molecule has 7 amide bonds. The van der Waals surface area contributed by atoms with Crippen LogP contribution in [0.15, 0.2) is 48.5 Å². The molecule has 1 aliphatic heterocycles. The van der Waals surface area contributed by atoms with E-state index in [2.05, 4.69) is 26.6 Å². The number of aryl methyl sites for hydroxylation is 1. The topological polar surface area (TPSA) is 229 Å². The molecular weight excluding hydrogens is 682 g/mol. The van der Waals surface area contributed by atoms with E-state index in [1.807, 2.05) is 39.0 Å². The smallest absolute Gasteiger partial charge is 0.323 e. The number of unbranched alkanes of at least 4 members (excludes halogenated alkanes) is 1. The third-order valence-electron chi connectivity index (χ3n) is 9.37. The predicted molar refractivity (Wildman–Crippen MR) is 200 cm³/mol. The molecule has 1 fully saturated rings. The van der Waals surface area contributed by atoms with Crippen molar-refractivity contribution in [3.05, 3.63) is 59.7 Å². The second-order valence-corrected chi connectivity index (χ2v) is 13.5. The third-order valence-corrected chi connectivity index (χ3v) is 9.37. The van der Waals surface area contributed by atoms with Gasteiger partial charge in [-0.05, 0) is 67.9 Å². The molecule has 53 heavy (non-hydrogen) atoms. The van der Waals surface area contributed by atoms with Gasteiger partial charge in [-0.15, -0.1) is 0 Å². The highest BCUT2D eigenvalue weighted by Gasteiger charge is 2.38. The lowest BCUT2D eigenvalue weighted by Crippen LogP contribution is -2.61. The molecular formula is C38H53N7O8. The summed E-state index contributed by atoms with van der Waals surface area (Å²) >= 11 is 0. The number of carbonyl (C=O) groups excluding carboxylic acids is 6. The molecule has 0 spiro atoms. The molecule has 5 atom stereocenters. The Balaban J connectivity index is 1.67. The standard InChI is InChI=1S/C38H53N7O8/c1-5-7-13-28(41-31(46)21-25-16-18-26(19-17-25)40-38(53)43-27-14-9-8-12-24(27)4)35(50)42-29(22-32(47)48)36(51)44-33(23(3)6-2)37(52)45-20-11-10-15-30(45)34(39)49/h8-9,12,14,16-19,23,28-30,33H,5-7,10-11,13,15,20-22H2,1-4H3,(H2,39,49)(H,41,46)(H,42,50)(H,44,51)(H,47,48)(H2,40,43,53)/t23?,28-,29-,30+,33-/m0/s1. The van der Waals surface area contributed by atoms with Crippen LogP contribution in [0.3, 0.4) is 0 Å². The molecule has 1 aliphatic rings. The van der Waals surface area contributed by atoms with E-state index < -0.39 is 72.1 Å². The lowest BCUT2D eigenvalue weighted by atomic mass is 9.94. The second kappa shape index (κ2) is 20.5. The number of carbonyl (C=O) groups is 7.